The molecule has 5 nitrogen and oxygen atoms in total. The number of anilines is 1. The van der Waals surface area contributed by atoms with Crippen molar-refractivity contribution in [1.82, 2.24) is 0 Å². The number of hydrogen-bond acceptors (Lipinski definition) is 5. The van der Waals surface area contributed by atoms with Gasteiger partial charge in [-0.1, -0.05) is 84.0 Å². The van der Waals surface area contributed by atoms with E-state index in [2.05, 4.69) is 19.3 Å². The van der Waals surface area contributed by atoms with Crippen LogP contribution in [0.2, 0.25) is 0 Å². The fourth-order valence-electron chi connectivity index (χ4n) is 4.43. The minimum Gasteiger partial charge on any atom is -0.459 e. The molecular weight excluding hydrogens is 446 g/mol. The van der Waals surface area contributed by atoms with Gasteiger partial charge in [0.25, 0.3) is 0 Å². The van der Waals surface area contributed by atoms with Crippen LogP contribution in [0.25, 0.3) is 21.7 Å². The average Bonchev–Trinajstić information content (AvgIpc) is 3.12. The van der Waals surface area contributed by atoms with Crippen molar-refractivity contribution >= 4 is 37.5 Å². The van der Waals surface area contributed by atoms with Crippen LogP contribution in [0.5, 0.6) is 0 Å². The second-order valence-corrected chi connectivity index (χ2v) is 11.3. The summed E-state index contributed by atoms with van der Waals surface area (Å²) in [6.45, 7) is 14.1. The zero-order valence-electron chi connectivity index (χ0n) is 20.9. The van der Waals surface area contributed by atoms with Gasteiger partial charge in [-0.2, -0.15) is 8.42 Å². The Morgan fingerprint density at radius 2 is 1.47 bits per heavy atom. The summed E-state index contributed by atoms with van der Waals surface area (Å²) in [5, 5.41) is 2.80. The molecule has 0 spiro atoms. The summed E-state index contributed by atoms with van der Waals surface area (Å²) in [5.41, 5.74) is 6.62. The molecule has 0 aliphatic heterocycles. The molecule has 1 N–H and O–H groups in total. The van der Waals surface area contributed by atoms with Gasteiger partial charge in [-0.15, -0.1) is 4.28 Å². The largest absolute Gasteiger partial charge is 0.459 e. The van der Waals surface area contributed by atoms with Crippen LogP contribution in [0, 0.1) is 6.92 Å². The third kappa shape index (κ3) is 4.32. The SMILES string of the molecule is Cc1oc2ccc3ccccc3c2c1NOS(=O)(=O)c1c(C(C)C)cc(C(C)C)cc1C(C)C. The molecule has 4 aromatic rings. The van der Waals surface area contributed by atoms with Gasteiger partial charge in [0.05, 0.1) is 5.39 Å². The summed E-state index contributed by atoms with van der Waals surface area (Å²) >= 11 is 0. The van der Waals surface area contributed by atoms with Crippen LogP contribution in [-0.2, 0) is 14.4 Å². The van der Waals surface area contributed by atoms with E-state index in [1.165, 1.54) is 0 Å². The van der Waals surface area contributed by atoms with Crippen LogP contribution in [0.4, 0.5) is 5.69 Å². The van der Waals surface area contributed by atoms with Gasteiger partial charge in [0.1, 0.15) is 21.9 Å². The molecule has 0 saturated heterocycles. The Morgan fingerprint density at radius 3 is 2.06 bits per heavy atom. The maximum atomic E-state index is 13.7. The van der Waals surface area contributed by atoms with Gasteiger partial charge < -0.3 is 4.42 Å². The van der Waals surface area contributed by atoms with Gasteiger partial charge >= 0.3 is 10.1 Å². The van der Waals surface area contributed by atoms with Gasteiger partial charge in [-0.05, 0) is 58.2 Å². The predicted molar refractivity (Wildman–Crippen MR) is 139 cm³/mol. The Morgan fingerprint density at radius 1 is 0.853 bits per heavy atom. The fraction of sp³-hybridized carbons (Fsp3) is 0.357. The highest BCUT2D eigenvalue weighted by atomic mass is 32.2. The standard InChI is InChI=1S/C28H33NO4S/c1-16(2)21-14-23(17(3)4)28(24(15-21)18(5)6)34(30,31)33-29-27-19(7)32-25-13-12-20-10-8-9-11-22(20)26(25)27/h8-18,29H,1-7H3. The summed E-state index contributed by atoms with van der Waals surface area (Å²) in [6, 6.07) is 15.8. The van der Waals surface area contributed by atoms with E-state index in [4.69, 9.17) is 8.70 Å². The lowest BCUT2D eigenvalue weighted by Gasteiger charge is -2.22. The fourth-order valence-corrected chi connectivity index (χ4v) is 5.87. The third-order valence-corrected chi connectivity index (χ3v) is 7.61. The predicted octanol–water partition coefficient (Wildman–Crippen LogP) is 8.00. The molecule has 0 aliphatic carbocycles. The van der Waals surface area contributed by atoms with E-state index in [0.717, 1.165) is 32.8 Å². The Balaban J connectivity index is 1.82. The topological polar surface area (TPSA) is 68.5 Å². The minimum atomic E-state index is -4.12. The number of rotatable bonds is 7. The number of furan rings is 1. The van der Waals surface area contributed by atoms with Crippen LogP contribution in [-0.4, -0.2) is 8.42 Å². The zero-order chi connectivity index (χ0) is 24.8. The molecule has 6 heteroatoms. The molecule has 0 saturated carbocycles. The molecule has 0 atom stereocenters. The van der Waals surface area contributed by atoms with E-state index >= 15 is 0 Å². The van der Waals surface area contributed by atoms with Gasteiger partial charge in [-0.25, -0.2) is 5.48 Å². The number of fused-ring (bicyclic) bond motifs is 3. The van der Waals surface area contributed by atoms with Crippen molar-refractivity contribution in [2.75, 3.05) is 5.48 Å². The second-order valence-electron chi connectivity index (χ2n) is 9.83. The molecule has 34 heavy (non-hydrogen) atoms. The molecule has 0 unspecified atom stereocenters. The normalized spacial score (nSPS) is 12.5. The van der Waals surface area contributed by atoms with Crippen molar-refractivity contribution in [3.63, 3.8) is 0 Å². The lowest BCUT2D eigenvalue weighted by atomic mass is 9.89. The summed E-state index contributed by atoms with van der Waals surface area (Å²) in [4.78, 5) is 0.254. The van der Waals surface area contributed by atoms with Crippen LogP contribution in [0.1, 0.15) is 81.7 Å². The quantitative estimate of drug-likeness (QED) is 0.272. The van der Waals surface area contributed by atoms with Gasteiger partial charge in [-0.3, -0.25) is 0 Å². The molecule has 180 valence electrons. The molecule has 0 radical (unpaired) electrons. The van der Waals surface area contributed by atoms with Gasteiger partial charge in [0.2, 0.25) is 0 Å². The summed E-state index contributed by atoms with van der Waals surface area (Å²) in [6.07, 6.45) is 0. The van der Waals surface area contributed by atoms with Crippen molar-refractivity contribution in [1.29, 1.82) is 0 Å². The maximum absolute atomic E-state index is 13.7. The van der Waals surface area contributed by atoms with E-state index in [0.29, 0.717) is 22.9 Å². The lowest BCUT2D eigenvalue weighted by molar-refractivity contribution is 0.387. The maximum Gasteiger partial charge on any atom is 0.318 e. The summed E-state index contributed by atoms with van der Waals surface area (Å²) in [7, 11) is -4.12. The minimum absolute atomic E-state index is 0.0185. The van der Waals surface area contributed by atoms with E-state index < -0.39 is 10.1 Å². The number of nitrogens with one attached hydrogen (secondary N) is 1. The van der Waals surface area contributed by atoms with Crippen molar-refractivity contribution in [2.45, 2.75) is 71.1 Å². The van der Waals surface area contributed by atoms with E-state index in [1.54, 1.807) is 6.92 Å². The van der Waals surface area contributed by atoms with Crippen molar-refractivity contribution < 1.29 is 17.1 Å². The lowest BCUT2D eigenvalue weighted by Crippen LogP contribution is -2.18. The van der Waals surface area contributed by atoms with E-state index in [9.17, 15) is 8.42 Å². The first kappa shape index (κ1) is 24.3. The smallest absolute Gasteiger partial charge is 0.318 e. The monoisotopic (exact) mass is 479 g/mol. The van der Waals surface area contributed by atoms with E-state index in [-0.39, 0.29) is 16.7 Å². The van der Waals surface area contributed by atoms with Crippen LogP contribution >= 0.6 is 0 Å². The highest BCUT2D eigenvalue weighted by Gasteiger charge is 2.29. The molecule has 3 aromatic carbocycles. The first-order chi connectivity index (χ1) is 16.0. The second kappa shape index (κ2) is 9.08. The molecule has 1 heterocycles. The number of aryl methyl sites for hydroxylation is 1. The molecular formula is C28H33NO4S. The molecule has 1 aromatic heterocycles. The van der Waals surface area contributed by atoms with E-state index in [1.807, 2.05) is 76.2 Å². The molecule has 0 fully saturated rings. The van der Waals surface area contributed by atoms with Crippen molar-refractivity contribution in [2.24, 2.45) is 0 Å². The van der Waals surface area contributed by atoms with Crippen LogP contribution in [0.3, 0.4) is 0 Å². The van der Waals surface area contributed by atoms with Gasteiger partial charge in [0, 0.05) is 0 Å². The van der Waals surface area contributed by atoms with Crippen molar-refractivity contribution in [3.8, 4) is 0 Å². The molecule has 0 amide bonds. The van der Waals surface area contributed by atoms with Gasteiger partial charge in [0.15, 0.2) is 0 Å². The Hall–Kier alpha value is -2.83. The highest BCUT2D eigenvalue weighted by molar-refractivity contribution is 7.87. The Kier molecular flexibility index (Phi) is 6.49. The van der Waals surface area contributed by atoms with Crippen molar-refractivity contribution in [3.05, 3.63) is 71.0 Å². The Bertz CT molecular complexity index is 1430. The average molecular weight is 480 g/mol. The molecule has 0 aliphatic rings. The number of hydrogen-bond donors (Lipinski definition) is 1. The molecule has 0 bridgehead atoms. The first-order valence-electron chi connectivity index (χ1n) is 11.8. The van der Waals surface area contributed by atoms with Crippen LogP contribution in [0.15, 0.2) is 57.8 Å². The summed E-state index contributed by atoms with van der Waals surface area (Å²) < 4.78 is 38.8. The first-order valence-corrected chi connectivity index (χ1v) is 13.2. The van der Waals surface area contributed by atoms with Crippen LogP contribution < -0.4 is 5.48 Å². The molecule has 4 rings (SSSR count). The summed E-state index contributed by atoms with van der Waals surface area (Å²) in [5.74, 6) is 0.888. The Labute approximate surface area is 202 Å². The highest BCUT2D eigenvalue weighted by Crippen LogP contribution is 2.39. The third-order valence-electron chi connectivity index (χ3n) is 6.34. The zero-order valence-corrected chi connectivity index (χ0v) is 21.7. The number of benzene rings is 3.